The topological polar surface area (TPSA) is 49.7 Å². The van der Waals surface area contributed by atoms with Crippen LogP contribution in [0.5, 0.6) is 23.0 Å². The van der Waals surface area contributed by atoms with Gasteiger partial charge in [0.05, 0.1) is 0 Å². The third-order valence-electron chi connectivity index (χ3n) is 6.94. The van der Waals surface area contributed by atoms with Crippen molar-refractivity contribution in [2.75, 3.05) is 0 Å². The van der Waals surface area contributed by atoms with E-state index in [0.29, 0.717) is 0 Å². The van der Waals surface area contributed by atoms with Gasteiger partial charge in [0.15, 0.2) is 0 Å². The molecule has 0 aliphatic carbocycles. The molecule has 162 valence electrons. The minimum absolute atomic E-state index is 0.0914. The predicted octanol–water partition coefficient (Wildman–Crippen LogP) is 7.84. The summed E-state index contributed by atoms with van der Waals surface area (Å²) < 4.78 is 6.49. The summed E-state index contributed by atoms with van der Waals surface area (Å²) >= 11 is 0. The highest BCUT2D eigenvalue weighted by Gasteiger charge is 2.33. The molecule has 1 heterocycles. The number of hydrogen-bond donors (Lipinski definition) is 2. The summed E-state index contributed by atoms with van der Waals surface area (Å²) in [5, 5.41) is 26.7. The van der Waals surface area contributed by atoms with E-state index in [-0.39, 0.29) is 17.4 Å². The van der Waals surface area contributed by atoms with E-state index in [1.807, 2.05) is 36.4 Å². The molecular weight excluding hydrogens is 420 g/mol. The number of fused-ring (bicyclic) bond motifs is 7. The SMILES string of the molecule is Oc1ccc2c3c(ccc2c1)Oc1ccc2cc(O)ccc2c1C3c1cccc2ccccc12. The van der Waals surface area contributed by atoms with Crippen LogP contribution in [0.1, 0.15) is 22.6 Å². The van der Waals surface area contributed by atoms with Gasteiger partial charge in [0.25, 0.3) is 0 Å². The molecule has 0 amide bonds. The molecule has 1 aliphatic rings. The first-order chi connectivity index (χ1) is 16.7. The molecular formula is C31H20O3. The Kier molecular flexibility index (Phi) is 3.91. The highest BCUT2D eigenvalue weighted by molar-refractivity contribution is 5.98. The molecule has 0 spiro atoms. The summed E-state index contributed by atoms with van der Waals surface area (Å²) in [6, 6.07) is 33.9. The van der Waals surface area contributed by atoms with Crippen LogP contribution in [0.4, 0.5) is 0 Å². The van der Waals surface area contributed by atoms with Crippen molar-refractivity contribution >= 4 is 32.3 Å². The highest BCUT2D eigenvalue weighted by atomic mass is 16.5. The second-order valence-corrected chi connectivity index (χ2v) is 8.87. The van der Waals surface area contributed by atoms with Crippen molar-refractivity contribution in [1.29, 1.82) is 0 Å². The van der Waals surface area contributed by atoms with Crippen molar-refractivity contribution in [2.45, 2.75) is 5.92 Å². The minimum Gasteiger partial charge on any atom is -0.508 e. The van der Waals surface area contributed by atoms with E-state index in [9.17, 15) is 10.2 Å². The molecule has 2 N–H and O–H groups in total. The van der Waals surface area contributed by atoms with Crippen molar-refractivity contribution in [3.8, 4) is 23.0 Å². The van der Waals surface area contributed by atoms with Gasteiger partial charge in [0.2, 0.25) is 0 Å². The van der Waals surface area contributed by atoms with Crippen LogP contribution >= 0.6 is 0 Å². The molecule has 0 atom stereocenters. The summed E-state index contributed by atoms with van der Waals surface area (Å²) in [5.74, 6) is 2.04. The number of rotatable bonds is 1. The molecule has 3 nitrogen and oxygen atoms in total. The van der Waals surface area contributed by atoms with Gasteiger partial charge in [0, 0.05) is 17.0 Å². The van der Waals surface area contributed by atoms with Gasteiger partial charge in [-0.3, -0.25) is 0 Å². The van der Waals surface area contributed by atoms with Crippen molar-refractivity contribution < 1.29 is 14.9 Å². The Labute approximate surface area is 196 Å². The Bertz CT molecular complexity index is 1670. The van der Waals surface area contributed by atoms with E-state index in [2.05, 4.69) is 42.5 Å². The molecule has 0 aromatic heterocycles. The third kappa shape index (κ3) is 2.70. The molecule has 1 aliphatic heterocycles. The lowest BCUT2D eigenvalue weighted by molar-refractivity contribution is 0.456. The second-order valence-electron chi connectivity index (χ2n) is 8.87. The molecule has 0 bridgehead atoms. The van der Waals surface area contributed by atoms with Crippen molar-refractivity contribution in [2.24, 2.45) is 0 Å². The fraction of sp³-hybridized carbons (Fsp3) is 0.0323. The number of phenols is 2. The smallest absolute Gasteiger partial charge is 0.132 e. The monoisotopic (exact) mass is 440 g/mol. The predicted molar refractivity (Wildman–Crippen MR) is 136 cm³/mol. The highest BCUT2D eigenvalue weighted by Crippen LogP contribution is 2.53. The van der Waals surface area contributed by atoms with Gasteiger partial charge in [-0.1, -0.05) is 66.7 Å². The summed E-state index contributed by atoms with van der Waals surface area (Å²) in [5.41, 5.74) is 3.37. The standard InChI is InChI=1S/C31H20O3/c32-21-10-12-24-19(16-21)8-14-27-29(24)31(26-7-3-5-18-4-1-2-6-23(18)26)30-25-13-11-22(33)17-20(25)9-15-28(30)34-27/h1-17,31-33H. The van der Waals surface area contributed by atoms with Gasteiger partial charge >= 0.3 is 0 Å². The summed E-state index contributed by atoms with van der Waals surface area (Å²) in [7, 11) is 0. The average molecular weight is 440 g/mol. The Morgan fingerprint density at radius 1 is 0.500 bits per heavy atom. The molecule has 0 saturated carbocycles. The Hall–Kier alpha value is -4.50. The normalized spacial score (nSPS) is 13.1. The van der Waals surface area contributed by atoms with E-state index in [1.54, 1.807) is 24.3 Å². The molecule has 0 radical (unpaired) electrons. The van der Waals surface area contributed by atoms with E-state index in [1.165, 1.54) is 16.3 Å². The Morgan fingerprint density at radius 2 is 1.09 bits per heavy atom. The summed E-state index contributed by atoms with van der Waals surface area (Å²) in [6.07, 6.45) is 0. The third-order valence-corrected chi connectivity index (χ3v) is 6.94. The van der Waals surface area contributed by atoms with E-state index in [4.69, 9.17) is 4.74 Å². The lowest BCUT2D eigenvalue weighted by Crippen LogP contribution is -2.13. The van der Waals surface area contributed by atoms with E-state index in [0.717, 1.165) is 44.2 Å². The maximum absolute atomic E-state index is 10.1. The molecule has 7 rings (SSSR count). The van der Waals surface area contributed by atoms with Gasteiger partial charge in [-0.15, -0.1) is 0 Å². The van der Waals surface area contributed by atoms with Gasteiger partial charge in [-0.05, 0) is 74.3 Å². The Balaban J connectivity index is 1.65. The number of aromatic hydroxyl groups is 2. The van der Waals surface area contributed by atoms with E-state index >= 15 is 0 Å². The summed E-state index contributed by atoms with van der Waals surface area (Å²) in [6.45, 7) is 0. The van der Waals surface area contributed by atoms with Gasteiger partial charge < -0.3 is 14.9 Å². The first-order valence-corrected chi connectivity index (χ1v) is 11.3. The number of ether oxygens (including phenoxy) is 1. The molecule has 6 aromatic carbocycles. The number of phenolic OH excluding ortho intramolecular Hbond substituents is 2. The minimum atomic E-state index is -0.0914. The zero-order chi connectivity index (χ0) is 22.8. The first kappa shape index (κ1) is 19.0. The Morgan fingerprint density at radius 3 is 1.74 bits per heavy atom. The zero-order valence-corrected chi connectivity index (χ0v) is 18.2. The van der Waals surface area contributed by atoms with Crippen LogP contribution in [0.25, 0.3) is 32.3 Å². The molecule has 0 saturated heterocycles. The maximum Gasteiger partial charge on any atom is 0.132 e. The molecule has 6 aromatic rings. The van der Waals surface area contributed by atoms with Crippen molar-refractivity contribution in [3.63, 3.8) is 0 Å². The largest absolute Gasteiger partial charge is 0.508 e. The van der Waals surface area contributed by atoms with Crippen LogP contribution < -0.4 is 4.74 Å². The van der Waals surface area contributed by atoms with Gasteiger partial charge in [-0.25, -0.2) is 0 Å². The van der Waals surface area contributed by atoms with Crippen LogP contribution in [0, 0.1) is 0 Å². The summed E-state index contributed by atoms with van der Waals surface area (Å²) in [4.78, 5) is 0. The number of hydrogen-bond acceptors (Lipinski definition) is 3. The average Bonchev–Trinajstić information content (AvgIpc) is 2.86. The van der Waals surface area contributed by atoms with Crippen molar-refractivity contribution in [3.05, 3.63) is 120 Å². The molecule has 34 heavy (non-hydrogen) atoms. The van der Waals surface area contributed by atoms with E-state index < -0.39 is 0 Å². The molecule has 0 fully saturated rings. The van der Waals surface area contributed by atoms with Gasteiger partial charge in [-0.2, -0.15) is 0 Å². The van der Waals surface area contributed by atoms with Crippen molar-refractivity contribution in [1.82, 2.24) is 0 Å². The fourth-order valence-electron chi connectivity index (χ4n) is 5.49. The number of benzene rings is 6. The fourth-order valence-corrected chi connectivity index (χ4v) is 5.49. The van der Waals surface area contributed by atoms with Crippen LogP contribution in [0.3, 0.4) is 0 Å². The van der Waals surface area contributed by atoms with Crippen LogP contribution in [0.2, 0.25) is 0 Å². The zero-order valence-electron chi connectivity index (χ0n) is 18.2. The van der Waals surface area contributed by atoms with Crippen LogP contribution in [0.15, 0.2) is 103 Å². The van der Waals surface area contributed by atoms with Gasteiger partial charge in [0.1, 0.15) is 23.0 Å². The maximum atomic E-state index is 10.1. The molecule has 3 heteroatoms. The second kappa shape index (κ2) is 7.00. The first-order valence-electron chi connectivity index (χ1n) is 11.3. The quantitative estimate of drug-likeness (QED) is 0.273. The molecule has 0 unspecified atom stereocenters. The lowest BCUT2D eigenvalue weighted by Gasteiger charge is -2.32. The van der Waals surface area contributed by atoms with Crippen LogP contribution in [-0.2, 0) is 0 Å². The van der Waals surface area contributed by atoms with Crippen LogP contribution in [-0.4, -0.2) is 10.2 Å². The lowest BCUT2D eigenvalue weighted by atomic mass is 9.77.